The fourth-order valence-electron chi connectivity index (χ4n) is 3.12. The molecule has 1 aliphatic rings. The van der Waals surface area contributed by atoms with Crippen molar-refractivity contribution in [3.63, 3.8) is 0 Å². The van der Waals surface area contributed by atoms with Crippen molar-refractivity contribution < 1.29 is 14.3 Å². The molecular weight excluding hydrogens is 340 g/mol. The lowest BCUT2D eigenvalue weighted by atomic mass is 9.79. The third-order valence-electron chi connectivity index (χ3n) is 4.72. The zero-order chi connectivity index (χ0) is 16.8. The van der Waals surface area contributed by atoms with Crippen LogP contribution < -0.4 is 15.8 Å². The molecular formula is C19H25ClN2O3. The first-order chi connectivity index (χ1) is 11.7. The summed E-state index contributed by atoms with van der Waals surface area (Å²) in [5.41, 5.74) is 5.36. The minimum absolute atomic E-state index is 0. The summed E-state index contributed by atoms with van der Waals surface area (Å²) in [6.45, 7) is 2.43. The molecule has 0 atom stereocenters. The van der Waals surface area contributed by atoms with Gasteiger partial charge in [0.15, 0.2) is 0 Å². The first-order valence-corrected chi connectivity index (χ1v) is 8.42. The number of fused-ring (bicyclic) bond motifs is 1. The van der Waals surface area contributed by atoms with Crippen LogP contribution in [0.15, 0.2) is 42.5 Å². The van der Waals surface area contributed by atoms with E-state index in [1.807, 2.05) is 30.3 Å². The number of hydrogen-bond acceptors (Lipinski definition) is 4. The van der Waals surface area contributed by atoms with E-state index in [-0.39, 0.29) is 18.3 Å². The highest BCUT2D eigenvalue weighted by Gasteiger charge is 2.38. The molecule has 25 heavy (non-hydrogen) atoms. The number of benzene rings is 2. The van der Waals surface area contributed by atoms with Crippen LogP contribution in [-0.4, -0.2) is 38.8 Å². The Labute approximate surface area is 154 Å². The minimum Gasteiger partial charge on any atom is -0.491 e. The van der Waals surface area contributed by atoms with Crippen molar-refractivity contribution >= 4 is 29.1 Å². The number of nitrogens with one attached hydrogen (secondary N) is 1. The molecule has 0 radical (unpaired) electrons. The molecule has 1 saturated heterocycles. The fourth-order valence-corrected chi connectivity index (χ4v) is 3.12. The molecule has 3 N–H and O–H groups in total. The molecule has 0 aliphatic carbocycles. The molecule has 5 nitrogen and oxygen atoms in total. The summed E-state index contributed by atoms with van der Waals surface area (Å²) in [6.07, 6.45) is 1.36. The Kier molecular flexibility index (Phi) is 7.05. The molecule has 0 aromatic heterocycles. The number of hydrogen-bond donors (Lipinski definition) is 2. The number of carbonyl (C=O) groups is 1. The zero-order valence-electron chi connectivity index (χ0n) is 14.2. The van der Waals surface area contributed by atoms with Gasteiger partial charge < -0.3 is 20.5 Å². The number of amides is 1. The largest absolute Gasteiger partial charge is 0.491 e. The average Bonchev–Trinajstić information content (AvgIpc) is 2.65. The number of carbonyl (C=O) groups excluding carboxylic acids is 1. The molecule has 1 amide bonds. The minimum atomic E-state index is -0.488. The van der Waals surface area contributed by atoms with Gasteiger partial charge in [-0.2, -0.15) is 0 Å². The van der Waals surface area contributed by atoms with Gasteiger partial charge in [0.05, 0.1) is 12.0 Å². The van der Waals surface area contributed by atoms with E-state index in [2.05, 4.69) is 17.4 Å². The summed E-state index contributed by atoms with van der Waals surface area (Å²) in [5, 5.41) is 5.18. The van der Waals surface area contributed by atoms with Crippen LogP contribution in [0, 0.1) is 5.41 Å². The summed E-state index contributed by atoms with van der Waals surface area (Å²) >= 11 is 0. The van der Waals surface area contributed by atoms with E-state index in [0.717, 1.165) is 16.5 Å². The highest BCUT2D eigenvalue weighted by atomic mass is 35.5. The third kappa shape index (κ3) is 4.42. The Morgan fingerprint density at radius 2 is 1.88 bits per heavy atom. The molecule has 0 bridgehead atoms. The second-order valence-electron chi connectivity index (χ2n) is 6.18. The molecule has 3 rings (SSSR count). The van der Waals surface area contributed by atoms with Crippen LogP contribution in [0.5, 0.6) is 5.75 Å². The monoisotopic (exact) mass is 364 g/mol. The van der Waals surface area contributed by atoms with E-state index in [9.17, 15) is 4.79 Å². The van der Waals surface area contributed by atoms with Crippen molar-refractivity contribution in [2.75, 3.05) is 32.9 Å². The van der Waals surface area contributed by atoms with E-state index in [1.54, 1.807) is 0 Å². The molecule has 136 valence electrons. The van der Waals surface area contributed by atoms with Crippen molar-refractivity contribution in [3.8, 4) is 5.75 Å². The fraction of sp³-hybridized carbons (Fsp3) is 0.421. The standard InChI is InChI=1S/C19H24N2O3.ClH/c20-14-19(8-11-23-12-9-19)18(22)21-10-13-24-17-7-3-5-15-4-1-2-6-16(15)17;/h1-7H,8-14,20H2,(H,21,22);1H. The van der Waals surface area contributed by atoms with E-state index in [4.69, 9.17) is 15.2 Å². The molecule has 6 heteroatoms. The maximum Gasteiger partial charge on any atom is 0.227 e. The van der Waals surface area contributed by atoms with Crippen LogP contribution in [0.4, 0.5) is 0 Å². The molecule has 1 aliphatic heterocycles. The van der Waals surface area contributed by atoms with E-state index in [0.29, 0.717) is 45.8 Å². The predicted octanol–water partition coefficient (Wildman–Crippen LogP) is 2.51. The molecule has 0 spiro atoms. The van der Waals surface area contributed by atoms with Gasteiger partial charge in [0.25, 0.3) is 0 Å². The molecule has 1 heterocycles. The van der Waals surface area contributed by atoms with Crippen molar-refractivity contribution in [1.29, 1.82) is 0 Å². The maximum atomic E-state index is 12.5. The van der Waals surface area contributed by atoms with E-state index < -0.39 is 5.41 Å². The quantitative estimate of drug-likeness (QED) is 0.772. The second-order valence-corrected chi connectivity index (χ2v) is 6.18. The molecule has 2 aromatic rings. The summed E-state index contributed by atoms with van der Waals surface area (Å²) < 4.78 is 11.2. The van der Waals surface area contributed by atoms with Crippen molar-refractivity contribution in [2.24, 2.45) is 11.1 Å². The highest BCUT2D eigenvalue weighted by molar-refractivity contribution is 5.88. The molecule has 2 aromatic carbocycles. The van der Waals surface area contributed by atoms with Gasteiger partial charge in [-0.3, -0.25) is 4.79 Å². The third-order valence-corrected chi connectivity index (χ3v) is 4.72. The second kappa shape index (κ2) is 9.04. The van der Waals surface area contributed by atoms with Crippen LogP contribution in [0.2, 0.25) is 0 Å². The van der Waals surface area contributed by atoms with Gasteiger partial charge in [-0.15, -0.1) is 12.4 Å². The van der Waals surface area contributed by atoms with Gasteiger partial charge in [0.1, 0.15) is 12.4 Å². The van der Waals surface area contributed by atoms with Gasteiger partial charge in [0.2, 0.25) is 5.91 Å². The molecule has 0 saturated carbocycles. The summed E-state index contributed by atoms with van der Waals surface area (Å²) in [6, 6.07) is 14.1. The van der Waals surface area contributed by atoms with Crippen molar-refractivity contribution in [2.45, 2.75) is 12.8 Å². The average molecular weight is 365 g/mol. The Bertz CT molecular complexity index is 697. The molecule has 1 fully saturated rings. The SMILES string of the molecule is Cl.NCC1(C(=O)NCCOc2cccc3ccccc23)CCOCC1. The van der Waals surface area contributed by atoms with Crippen LogP contribution >= 0.6 is 12.4 Å². The predicted molar refractivity (Wildman–Crippen MR) is 101 cm³/mol. The lowest BCUT2D eigenvalue weighted by Gasteiger charge is -2.34. The highest BCUT2D eigenvalue weighted by Crippen LogP contribution is 2.29. The number of ether oxygens (including phenoxy) is 2. The number of halogens is 1. The zero-order valence-corrected chi connectivity index (χ0v) is 15.0. The van der Waals surface area contributed by atoms with Gasteiger partial charge >= 0.3 is 0 Å². The number of rotatable bonds is 6. The Morgan fingerprint density at radius 1 is 1.16 bits per heavy atom. The summed E-state index contributed by atoms with van der Waals surface area (Å²) in [5.74, 6) is 0.844. The van der Waals surface area contributed by atoms with Crippen LogP contribution in [0.25, 0.3) is 10.8 Å². The Balaban J connectivity index is 0.00000225. The smallest absolute Gasteiger partial charge is 0.227 e. The van der Waals surface area contributed by atoms with Gasteiger partial charge in [0, 0.05) is 25.1 Å². The van der Waals surface area contributed by atoms with Crippen molar-refractivity contribution in [3.05, 3.63) is 42.5 Å². The summed E-state index contributed by atoms with van der Waals surface area (Å²) in [4.78, 5) is 12.5. The van der Waals surface area contributed by atoms with Crippen LogP contribution in [-0.2, 0) is 9.53 Å². The lowest BCUT2D eigenvalue weighted by molar-refractivity contribution is -0.136. The Morgan fingerprint density at radius 3 is 2.64 bits per heavy atom. The van der Waals surface area contributed by atoms with Gasteiger partial charge in [-0.05, 0) is 24.3 Å². The molecule has 0 unspecified atom stereocenters. The maximum absolute atomic E-state index is 12.5. The topological polar surface area (TPSA) is 73.6 Å². The Hall–Kier alpha value is -1.82. The summed E-state index contributed by atoms with van der Waals surface area (Å²) in [7, 11) is 0. The van der Waals surface area contributed by atoms with Gasteiger partial charge in [-0.25, -0.2) is 0 Å². The number of nitrogens with two attached hydrogens (primary N) is 1. The lowest BCUT2D eigenvalue weighted by Crippen LogP contribution is -2.49. The van der Waals surface area contributed by atoms with Gasteiger partial charge in [-0.1, -0.05) is 36.4 Å². The van der Waals surface area contributed by atoms with E-state index in [1.165, 1.54) is 0 Å². The first-order valence-electron chi connectivity index (χ1n) is 8.42. The normalized spacial score (nSPS) is 16.0. The van der Waals surface area contributed by atoms with Crippen molar-refractivity contribution in [1.82, 2.24) is 5.32 Å². The van der Waals surface area contributed by atoms with Crippen LogP contribution in [0.1, 0.15) is 12.8 Å². The van der Waals surface area contributed by atoms with Crippen LogP contribution in [0.3, 0.4) is 0 Å². The van der Waals surface area contributed by atoms with E-state index >= 15 is 0 Å². The first kappa shape index (κ1) is 19.5.